The molecule has 2 fully saturated rings. The molecule has 2 aliphatic heterocycles. The molecule has 1 aliphatic carbocycles. The predicted octanol–water partition coefficient (Wildman–Crippen LogP) is 1.21. The zero-order chi connectivity index (χ0) is 21.6. The summed E-state index contributed by atoms with van der Waals surface area (Å²) in [7, 11) is 0. The SMILES string of the molecule is O=C(NCC(F)(F)F)[C@H]1[C@H](CO)[C@H]2Cn3c(cccc3=O)[C@H]2N1C(=O)C1CCCC1. The number of aliphatic hydroxyl groups is 1. The Morgan fingerprint density at radius 1 is 1.20 bits per heavy atom. The molecule has 10 heteroatoms. The van der Waals surface area contributed by atoms with E-state index >= 15 is 0 Å². The number of hydrogen-bond acceptors (Lipinski definition) is 4. The smallest absolute Gasteiger partial charge is 0.396 e. The summed E-state index contributed by atoms with van der Waals surface area (Å²) < 4.78 is 39.5. The van der Waals surface area contributed by atoms with Gasteiger partial charge in [0.1, 0.15) is 12.6 Å². The Morgan fingerprint density at radius 2 is 1.90 bits per heavy atom. The molecule has 3 heterocycles. The van der Waals surface area contributed by atoms with Gasteiger partial charge in [0.25, 0.3) is 5.56 Å². The van der Waals surface area contributed by atoms with Gasteiger partial charge in [-0.05, 0) is 18.9 Å². The minimum atomic E-state index is -4.58. The molecule has 0 spiro atoms. The van der Waals surface area contributed by atoms with E-state index in [2.05, 4.69) is 0 Å². The molecule has 1 saturated carbocycles. The van der Waals surface area contributed by atoms with E-state index in [4.69, 9.17) is 0 Å². The van der Waals surface area contributed by atoms with E-state index < -0.39 is 49.2 Å². The molecule has 3 aliphatic rings. The van der Waals surface area contributed by atoms with Crippen LogP contribution in [0.4, 0.5) is 13.2 Å². The van der Waals surface area contributed by atoms with Gasteiger partial charge >= 0.3 is 6.18 Å². The molecule has 0 unspecified atom stereocenters. The van der Waals surface area contributed by atoms with Crippen molar-refractivity contribution in [3.8, 4) is 0 Å². The quantitative estimate of drug-likeness (QED) is 0.756. The third kappa shape index (κ3) is 3.51. The Balaban J connectivity index is 1.73. The number of rotatable bonds is 4. The van der Waals surface area contributed by atoms with Crippen molar-refractivity contribution in [1.29, 1.82) is 0 Å². The van der Waals surface area contributed by atoms with E-state index in [1.807, 2.05) is 5.32 Å². The summed E-state index contributed by atoms with van der Waals surface area (Å²) in [6.45, 7) is -1.76. The van der Waals surface area contributed by atoms with E-state index in [0.717, 1.165) is 12.8 Å². The lowest BCUT2D eigenvalue weighted by Gasteiger charge is -2.33. The van der Waals surface area contributed by atoms with Gasteiger partial charge in [-0.25, -0.2) is 0 Å². The third-order valence-electron chi connectivity index (χ3n) is 6.64. The van der Waals surface area contributed by atoms with Crippen LogP contribution in [0, 0.1) is 17.8 Å². The van der Waals surface area contributed by atoms with Gasteiger partial charge in [-0.1, -0.05) is 18.9 Å². The first kappa shape index (κ1) is 20.9. The second-order valence-electron chi connectivity index (χ2n) is 8.36. The number of nitrogens with one attached hydrogen (secondary N) is 1. The molecule has 4 atom stereocenters. The molecule has 2 N–H and O–H groups in total. The molecule has 2 amide bonds. The number of alkyl halides is 3. The van der Waals surface area contributed by atoms with E-state index in [-0.39, 0.29) is 23.9 Å². The summed E-state index contributed by atoms with van der Waals surface area (Å²) in [6, 6.07) is 2.84. The van der Waals surface area contributed by atoms with Crippen LogP contribution < -0.4 is 10.9 Å². The first-order chi connectivity index (χ1) is 14.2. The number of pyridine rings is 1. The lowest BCUT2D eigenvalue weighted by molar-refractivity contribution is -0.149. The number of nitrogens with zero attached hydrogens (tertiary/aromatic N) is 2. The number of likely N-dealkylation sites (tertiary alicyclic amines) is 1. The summed E-state index contributed by atoms with van der Waals surface area (Å²) in [6.07, 6.45) is -1.51. The number of fused-ring (bicyclic) bond motifs is 3. The van der Waals surface area contributed by atoms with Gasteiger partial charge in [-0.3, -0.25) is 14.4 Å². The van der Waals surface area contributed by atoms with Crippen molar-refractivity contribution >= 4 is 11.8 Å². The number of amides is 2. The molecule has 4 rings (SSSR count). The standard InChI is InChI=1S/C20H24F3N3O4/c21-20(22,23)10-24-18(29)17-13(9-27)12-8-25-14(6-3-7-15(25)28)16(12)26(17)19(30)11-4-1-2-5-11/h3,6-7,11-13,16-17,27H,1-2,4-5,8-10H2,(H,24,29)/t12-,13-,16+,17-/m1/s1. The van der Waals surface area contributed by atoms with E-state index in [1.165, 1.54) is 15.5 Å². The number of aliphatic hydroxyl groups excluding tert-OH is 1. The maximum atomic E-state index is 13.4. The van der Waals surface area contributed by atoms with Crippen molar-refractivity contribution in [3.05, 3.63) is 34.2 Å². The van der Waals surface area contributed by atoms with Gasteiger partial charge in [0.15, 0.2) is 0 Å². The number of carbonyl (C=O) groups excluding carboxylic acids is 2. The topological polar surface area (TPSA) is 91.6 Å². The molecule has 7 nitrogen and oxygen atoms in total. The summed E-state index contributed by atoms with van der Waals surface area (Å²) >= 11 is 0. The zero-order valence-corrected chi connectivity index (χ0v) is 16.3. The van der Waals surface area contributed by atoms with Crippen LogP contribution >= 0.6 is 0 Å². The Morgan fingerprint density at radius 3 is 2.53 bits per heavy atom. The highest BCUT2D eigenvalue weighted by Gasteiger charge is 2.58. The summed E-state index contributed by atoms with van der Waals surface area (Å²) in [5.74, 6) is -2.68. The van der Waals surface area contributed by atoms with Crippen LogP contribution in [0.2, 0.25) is 0 Å². The summed E-state index contributed by atoms with van der Waals surface area (Å²) in [5, 5.41) is 11.9. The molecule has 0 bridgehead atoms. The molecule has 0 radical (unpaired) electrons. The molecule has 164 valence electrons. The zero-order valence-electron chi connectivity index (χ0n) is 16.3. The Hall–Kier alpha value is -2.36. The van der Waals surface area contributed by atoms with Crippen LogP contribution in [-0.4, -0.2) is 51.8 Å². The summed E-state index contributed by atoms with van der Waals surface area (Å²) in [5.41, 5.74) is 0.313. The highest BCUT2D eigenvalue weighted by Crippen LogP contribution is 2.50. The van der Waals surface area contributed by atoms with Crippen molar-refractivity contribution in [2.24, 2.45) is 17.8 Å². The predicted molar refractivity (Wildman–Crippen MR) is 99.2 cm³/mol. The van der Waals surface area contributed by atoms with Gasteiger partial charge in [0, 0.05) is 42.7 Å². The van der Waals surface area contributed by atoms with Gasteiger partial charge in [0.2, 0.25) is 11.8 Å². The Bertz CT molecular complexity index is 894. The molecule has 1 saturated heterocycles. The molecular formula is C20H24F3N3O4. The second kappa shape index (κ2) is 7.72. The fraction of sp³-hybridized carbons (Fsp3) is 0.650. The average molecular weight is 427 g/mol. The molecule has 30 heavy (non-hydrogen) atoms. The highest BCUT2D eigenvalue weighted by molar-refractivity contribution is 5.90. The second-order valence-corrected chi connectivity index (χ2v) is 8.36. The number of carbonyl (C=O) groups is 2. The average Bonchev–Trinajstić information content (AvgIpc) is 3.40. The lowest BCUT2D eigenvalue weighted by Crippen LogP contribution is -2.52. The summed E-state index contributed by atoms with van der Waals surface area (Å²) in [4.78, 5) is 39.9. The monoisotopic (exact) mass is 427 g/mol. The third-order valence-corrected chi connectivity index (χ3v) is 6.64. The normalized spacial score (nSPS) is 28.5. The van der Waals surface area contributed by atoms with E-state index in [1.54, 1.807) is 12.1 Å². The van der Waals surface area contributed by atoms with E-state index in [9.17, 15) is 32.7 Å². The highest BCUT2D eigenvalue weighted by atomic mass is 19.4. The minimum absolute atomic E-state index is 0.211. The van der Waals surface area contributed by atoms with Gasteiger partial charge in [0.05, 0.1) is 6.04 Å². The van der Waals surface area contributed by atoms with Crippen LogP contribution in [0.3, 0.4) is 0 Å². The largest absolute Gasteiger partial charge is 0.405 e. The number of aromatic nitrogens is 1. The van der Waals surface area contributed by atoms with Gasteiger partial charge in [-0.2, -0.15) is 13.2 Å². The van der Waals surface area contributed by atoms with Crippen molar-refractivity contribution in [3.63, 3.8) is 0 Å². The van der Waals surface area contributed by atoms with Crippen LogP contribution in [0.25, 0.3) is 0 Å². The van der Waals surface area contributed by atoms with Crippen LogP contribution in [0.5, 0.6) is 0 Å². The van der Waals surface area contributed by atoms with E-state index in [0.29, 0.717) is 18.5 Å². The van der Waals surface area contributed by atoms with Crippen molar-refractivity contribution in [1.82, 2.24) is 14.8 Å². The minimum Gasteiger partial charge on any atom is -0.396 e. The molecule has 1 aromatic rings. The van der Waals surface area contributed by atoms with Gasteiger partial charge < -0.3 is 19.9 Å². The first-order valence-electron chi connectivity index (χ1n) is 10.2. The lowest BCUT2D eigenvalue weighted by atomic mass is 9.88. The van der Waals surface area contributed by atoms with Crippen LogP contribution in [-0.2, 0) is 16.1 Å². The maximum absolute atomic E-state index is 13.4. The fourth-order valence-corrected chi connectivity index (χ4v) is 5.36. The first-order valence-corrected chi connectivity index (χ1v) is 10.2. The van der Waals surface area contributed by atoms with Crippen molar-refractivity contribution in [2.75, 3.05) is 13.2 Å². The Kier molecular flexibility index (Phi) is 5.37. The maximum Gasteiger partial charge on any atom is 0.405 e. The number of hydrogen-bond donors (Lipinski definition) is 2. The molecule has 0 aromatic carbocycles. The fourth-order valence-electron chi connectivity index (χ4n) is 5.36. The number of halogens is 3. The van der Waals surface area contributed by atoms with Gasteiger partial charge in [-0.15, -0.1) is 0 Å². The Labute approximate surface area is 170 Å². The van der Waals surface area contributed by atoms with Crippen molar-refractivity contribution < 1.29 is 27.9 Å². The van der Waals surface area contributed by atoms with Crippen molar-refractivity contribution in [2.45, 2.75) is 50.5 Å². The van der Waals surface area contributed by atoms with Crippen LogP contribution in [0.15, 0.2) is 23.0 Å². The molecule has 1 aromatic heterocycles. The van der Waals surface area contributed by atoms with Crippen LogP contribution in [0.1, 0.15) is 37.4 Å². The molecular weight excluding hydrogens is 403 g/mol.